The molecule has 0 aromatic heterocycles. The predicted molar refractivity (Wildman–Crippen MR) is 119 cm³/mol. The SMILES string of the molecule is CCOc1cc(C)ccc1CNC(=NC)NCc1ccc(N2CCOCC2)c(F)c1. The van der Waals surface area contributed by atoms with Crippen molar-refractivity contribution in [3.8, 4) is 5.75 Å². The van der Waals surface area contributed by atoms with Crippen LogP contribution in [0.2, 0.25) is 0 Å². The normalized spacial score (nSPS) is 14.5. The summed E-state index contributed by atoms with van der Waals surface area (Å²) in [7, 11) is 1.72. The molecule has 162 valence electrons. The standard InChI is InChI=1S/C23H31FN4O2/c1-4-30-22-13-17(2)5-7-19(22)16-27-23(25-3)26-15-18-6-8-21(20(24)14-18)28-9-11-29-12-10-28/h5-8,13-14H,4,9-12,15-16H2,1-3H3,(H2,25,26,27). The van der Waals surface area contributed by atoms with Gasteiger partial charge in [-0.3, -0.25) is 4.99 Å². The van der Waals surface area contributed by atoms with E-state index in [9.17, 15) is 4.39 Å². The maximum Gasteiger partial charge on any atom is 0.191 e. The third-order valence-electron chi connectivity index (χ3n) is 5.02. The Kier molecular flexibility index (Phi) is 7.90. The van der Waals surface area contributed by atoms with Gasteiger partial charge in [0, 0.05) is 38.8 Å². The van der Waals surface area contributed by atoms with Crippen LogP contribution in [0.1, 0.15) is 23.6 Å². The maximum atomic E-state index is 14.6. The molecular weight excluding hydrogens is 383 g/mol. The molecule has 0 radical (unpaired) electrons. The Balaban J connectivity index is 1.56. The molecule has 3 rings (SSSR count). The third kappa shape index (κ3) is 5.86. The van der Waals surface area contributed by atoms with Gasteiger partial charge in [0.1, 0.15) is 11.6 Å². The molecule has 1 saturated heterocycles. The molecule has 6 nitrogen and oxygen atoms in total. The van der Waals surface area contributed by atoms with E-state index in [4.69, 9.17) is 9.47 Å². The number of halogens is 1. The number of hydrogen-bond donors (Lipinski definition) is 2. The van der Waals surface area contributed by atoms with Crippen LogP contribution in [0.25, 0.3) is 0 Å². The minimum absolute atomic E-state index is 0.208. The van der Waals surface area contributed by atoms with Gasteiger partial charge in [-0.25, -0.2) is 4.39 Å². The topological polar surface area (TPSA) is 58.1 Å². The Labute approximate surface area is 178 Å². The summed E-state index contributed by atoms with van der Waals surface area (Å²) in [6.07, 6.45) is 0. The first-order valence-corrected chi connectivity index (χ1v) is 10.4. The number of aryl methyl sites for hydroxylation is 1. The number of ether oxygens (including phenoxy) is 2. The molecule has 0 amide bonds. The van der Waals surface area contributed by atoms with Crippen molar-refractivity contribution in [2.75, 3.05) is 44.9 Å². The molecule has 1 heterocycles. The molecule has 1 aliphatic heterocycles. The van der Waals surface area contributed by atoms with E-state index in [0.29, 0.717) is 57.6 Å². The van der Waals surface area contributed by atoms with Crippen LogP contribution in [-0.2, 0) is 17.8 Å². The molecule has 30 heavy (non-hydrogen) atoms. The number of hydrogen-bond acceptors (Lipinski definition) is 4. The number of anilines is 1. The molecule has 0 aliphatic carbocycles. The lowest BCUT2D eigenvalue weighted by molar-refractivity contribution is 0.122. The second-order valence-electron chi connectivity index (χ2n) is 7.21. The highest BCUT2D eigenvalue weighted by atomic mass is 19.1. The fourth-order valence-corrected chi connectivity index (χ4v) is 3.40. The molecule has 2 N–H and O–H groups in total. The van der Waals surface area contributed by atoms with E-state index in [0.717, 1.165) is 22.4 Å². The predicted octanol–water partition coefficient (Wildman–Crippen LogP) is 3.23. The zero-order chi connectivity index (χ0) is 21.3. The van der Waals surface area contributed by atoms with Crippen LogP contribution in [0.15, 0.2) is 41.4 Å². The van der Waals surface area contributed by atoms with E-state index < -0.39 is 0 Å². The first-order chi connectivity index (χ1) is 14.6. The molecule has 2 aromatic rings. The van der Waals surface area contributed by atoms with Gasteiger partial charge in [-0.1, -0.05) is 18.2 Å². The van der Waals surface area contributed by atoms with Gasteiger partial charge in [-0.2, -0.15) is 0 Å². The molecule has 0 unspecified atom stereocenters. The second kappa shape index (κ2) is 10.8. The van der Waals surface area contributed by atoms with Gasteiger partial charge < -0.3 is 25.0 Å². The summed E-state index contributed by atoms with van der Waals surface area (Å²) >= 11 is 0. The molecule has 0 saturated carbocycles. The average Bonchev–Trinajstić information content (AvgIpc) is 2.76. The second-order valence-corrected chi connectivity index (χ2v) is 7.21. The largest absolute Gasteiger partial charge is 0.494 e. The molecule has 0 bridgehead atoms. The zero-order valence-electron chi connectivity index (χ0n) is 18.0. The quantitative estimate of drug-likeness (QED) is 0.538. The van der Waals surface area contributed by atoms with E-state index in [1.165, 1.54) is 0 Å². The third-order valence-corrected chi connectivity index (χ3v) is 5.02. The lowest BCUT2D eigenvalue weighted by Gasteiger charge is -2.29. The fraction of sp³-hybridized carbons (Fsp3) is 0.435. The highest BCUT2D eigenvalue weighted by Crippen LogP contribution is 2.22. The fourth-order valence-electron chi connectivity index (χ4n) is 3.40. The Morgan fingerprint density at radius 3 is 2.60 bits per heavy atom. The molecule has 1 aliphatic rings. The number of rotatable bonds is 7. The van der Waals surface area contributed by atoms with Crippen LogP contribution in [0.4, 0.5) is 10.1 Å². The number of morpholine rings is 1. The van der Waals surface area contributed by atoms with Crippen LogP contribution in [0, 0.1) is 12.7 Å². The van der Waals surface area contributed by atoms with Crippen molar-refractivity contribution in [2.24, 2.45) is 4.99 Å². The van der Waals surface area contributed by atoms with Crippen molar-refractivity contribution in [1.29, 1.82) is 0 Å². The Morgan fingerprint density at radius 1 is 1.13 bits per heavy atom. The van der Waals surface area contributed by atoms with Crippen molar-refractivity contribution in [1.82, 2.24) is 10.6 Å². The summed E-state index contributed by atoms with van der Waals surface area (Å²) in [5.41, 5.74) is 3.71. The lowest BCUT2D eigenvalue weighted by atomic mass is 10.1. The number of nitrogens with one attached hydrogen (secondary N) is 2. The summed E-state index contributed by atoms with van der Waals surface area (Å²) in [6.45, 7) is 8.41. The van der Waals surface area contributed by atoms with E-state index >= 15 is 0 Å². The van der Waals surface area contributed by atoms with Gasteiger partial charge >= 0.3 is 0 Å². The van der Waals surface area contributed by atoms with Crippen LogP contribution in [0.3, 0.4) is 0 Å². The van der Waals surface area contributed by atoms with Crippen molar-refractivity contribution < 1.29 is 13.9 Å². The van der Waals surface area contributed by atoms with Gasteiger partial charge in [0.25, 0.3) is 0 Å². The summed E-state index contributed by atoms with van der Waals surface area (Å²) in [6, 6.07) is 11.5. The first-order valence-electron chi connectivity index (χ1n) is 10.4. The summed E-state index contributed by atoms with van der Waals surface area (Å²) < 4.78 is 25.7. The van der Waals surface area contributed by atoms with Crippen LogP contribution in [0.5, 0.6) is 5.75 Å². The number of nitrogens with zero attached hydrogens (tertiary/aromatic N) is 2. The lowest BCUT2D eigenvalue weighted by Crippen LogP contribution is -2.37. The van der Waals surface area contributed by atoms with Gasteiger partial charge in [-0.05, 0) is 43.2 Å². The van der Waals surface area contributed by atoms with Crippen molar-refractivity contribution in [3.63, 3.8) is 0 Å². The van der Waals surface area contributed by atoms with Crippen molar-refractivity contribution >= 4 is 11.6 Å². The van der Waals surface area contributed by atoms with Gasteiger partial charge in [0.2, 0.25) is 0 Å². The van der Waals surface area contributed by atoms with E-state index in [2.05, 4.69) is 27.8 Å². The number of benzene rings is 2. The molecule has 7 heteroatoms. The van der Waals surface area contributed by atoms with E-state index in [1.54, 1.807) is 13.1 Å². The first kappa shape index (κ1) is 21.9. The van der Waals surface area contributed by atoms with Gasteiger partial charge in [0.15, 0.2) is 5.96 Å². The summed E-state index contributed by atoms with van der Waals surface area (Å²) in [4.78, 5) is 6.28. The van der Waals surface area contributed by atoms with E-state index in [-0.39, 0.29) is 5.82 Å². The minimum atomic E-state index is -0.208. The number of aliphatic imine (C=N–C) groups is 1. The molecule has 1 fully saturated rings. The zero-order valence-corrected chi connectivity index (χ0v) is 18.0. The Hall–Kier alpha value is -2.80. The molecular formula is C23H31FN4O2. The van der Waals surface area contributed by atoms with Crippen molar-refractivity contribution in [3.05, 3.63) is 58.9 Å². The number of guanidine groups is 1. The van der Waals surface area contributed by atoms with E-state index in [1.807, 2.05) is 36.9 Å². The minimum Gasteiger partial charge on any atom is -0.494 e. The smallest absolute Gasteiger partial charge is 0.191 e. The highest BCUT2D eigenvalue weighted by molar-refractivity contribution is 5.79. The van der Waals surface area contributed by atoms with Crippen molar-refractivity contribution in [2.45, 2.75) is 26.9 Å². The van der Waals surface area contributed by atoms with Crippen LogP contribution < -0.4 is 20.3 Å². The summed E-state index contributed by atoms with van der Waals surface area (Å²) in [5, 5.41) is 6.54. The summed E-state index contributed by atoms with van der Waals surface area (Å²) in [5.74, 6) is 1.32. The average molecular weight is 415 g/mol. The maximum absolute atomic E-state index is 14.6. The van der Waals surface area contributed by atoms with Crippen LogP contribution in [-0.4, -0.2) is 45.9 Å². The van der Waals surface area contributed by atoms with Gasteiger partial charge in [0.05, 0.1) is 25.5 Å². The molecule has 2 aromatic carbocycles. The Bertz CT molecular complexity index is 866. The molecule has 0 spiro atoms. The monoisotopic (exact) mass is 414 g/mol. The van der Waals surface area contributed by atoms with Gasteiger partial charge in [-0.15, -0.1) is 0 Å². The molecule has 0 atom stereocenters. The Morgan fingerprint density at radius 2 is 1.90 bits per heavy atom. The van der Waals surface area contributed by atoms with Crippen LogP contribution >= 0.6 is 0 Å². The highest BCUT2D eigenvalue weighted by Gasteiger charge is 2.15.